The highest BCUT2D eigenvalue weighted by Crippen LogP contribution is 2.11. The molecule has 5 nitrogen and oxygen atoms in total. The lowest BCUT2D eigenvalue weighted by molar-refractivity contribution is -0.122. The van der Waals surface area contributed by atoms with Crippen LogP contribution < -0.4 is 16.0 Å². The molecule has 0 spiro atoms. The Balaban J connectivity index is 2.07. The van der Waals surface area contributed by atoms with Crippen LogP contribution in [0.5, 0.6) is 0 Å². The molecule has 0 aliphatic carbocycles. The molecule has 0 radical (unpaired) electrons. The molecule has 0 saturated carbocycles. The molecule has 3 N–H and O–H groups in total. The zero-order valence-corrected chi connectivity index (χ0v) is 12.4. The summed E-state index contributed by atoms with van der Waals surface area (Å²) in [5.41, 5.74) is 1.66. The van der Waals surface area contributed by atoms with Crippen molar-refractivity contribution in [2.24, 2.45) is 0 Å². The Morgan fingerprint density at radius 1 is 1.33 bits per heavy atom. The summed E-state index contributed by atoms with van der Waals surface area (Å²) in [7, 11) is 1.89. The number of carbonyl (C=O) groups excluding carboxylic acids is 2. The molecule has 2 amide bonds. The van der Waals surface area contributed by atoms with E-state index in [0.29, 0.717) is 18.5 Å². The molecule has 1 heterocycles. The molecule has 1 saturated heterocycles. The quantitative estimate of drug-likeness (QED) is 0.752. The van der Waals surface area contributed by atoms with Gasteiger partial charge >= 0.3 is 0 Å². The highest BCUT2D eigenvalue weighted by molar-refractivity contribution is 5.98. The first-order valence-corrected chi connectivity index (χ1v) is 7.53. The number of rotatable bonds is 5. The molecular formula is C16H23N3O2. The SMILES string of the molecule is CNCCc1ccccc1C(=O)NC1CCCCNC1=O. The van der Waals surface area contributed by atoms with Gasteiger partial charge in [-0.05, 0) is 50.9 Å². The van der Waals surface area contributed by atoms with Gasteiger partial charge in [-0.1, -0.05) is 18.2 Å². The smallest absolute Gasteiger partial charge is 0.252 e. The molecule has 1 aromatic rings. The second-order valence-corrected chi connectivity index (χ2v) is 5.32. The van der Waals surface area contributed by atoms with Crippen molar-refractivity contribution in [3.8, 4) is 0 Å². The van der Waals surface area contributed by atoms with Crippen LogP contribution in [-0.2, 0) is 11.2 Å². The summed E-state index contributed by atoms with van der Waals surface area (Å²) in [6.45, 7) is 1.51. The van der Waals surface area contributed by atoms with Gasteiger partial charge in [-0.25, -0.2) is 0 Å². The van der Waals surface area contributed by atoms with Crippen molar-refractivity contribution in [1.29, 1.82) is 0 Å². The average molecular weight is 289 g/mol. The van der Waals surface area contributed by atoms with Gasteiger partial charge in [-0.2, -0.15) is 0 Å². The van der Waals surface area contributed by atoms with Gasteiger partial charge in [0.2, 0.25) is 5.91 Å². The van der Waals surface area contributed by atoms with Crippen molar-refractivity contribution in [1.82, 2.24) is 16.0 Å². The molecule has 21 heavy (non-hydrogen) atoms. The molecule has 0 aromatic heterocycles. The van der Waals surface area contributed by atoms with Gasteiger partial charge in [0.1, 0.15) is 6.04 Å². The molecule has 5 heteroatoms. The van der Waals surface area contributed by atoms with Crippen molar-refractivity contribution in [3.05, 3.63) is 35.4 Å². The molecule has 1 aliphatic heterocycles. The fourth-order valence-corrected chi connectivity index (χ4v) is 2.53. The molecule has 1 aromatic carbocycles. The normalized spacial score (nSPS) is 18.7. The number of nitrogens with one attached hydrogen (secondary N) is 3. The minimum atomic E-state index is -0.419. The second kappa shape index (κ2) is 7.78. The van der Waals surface area contributed by atoms with E-state index >= 15 is 0 Å². The molecule has 1 atom stereocenters. The highest BCUT2D eigenvalue weighted by Gasteiger charge is 2.23. The third-order valence-electron chi connectivity index (χ3n) is 3.75. The minimum absolute atomic E-state index is 0.0754. The van der Waals surface area contributed by atoms with Crippen LogP contribution in [0.25, 0.3) is 0 Å². The lowest BCUT2D eigenvalue weighted by Crippen LogP contribution is -2.45. The van der Waals surface area contributed by atoms with E-state index in [1.807, 2.05) is 31.3 Å². The minimum Gasteiger partial charge on any atom is -0.354 e. The topological polar surface area (TPSA) is 70.2 Å². The summed E-state index contributed by atoms with van der Waals surface area (Å²) in [4.78, 5) is 24.3. The number of benzene rings is 1. The van der Waals surface area contributed by atoms with Gasteiger partial charge < -0.3 is 16.0 Å². The van der Waals surface area contributed by atoms with E-state index in [2.05, 4.69) is 16.0 Å². The molecule has 2 rings (SSSR count). The largest absolute Gasteiger partial charge is 0.354 e. The average Bonchev–Trinajstić information content (AvgIpc) is 2.70. The Hall–Kier alpha value is -1.88. The van der Waals surface area contributed by atoms with E-state index in [9.17, 15) is 9.59 Å². The Labute approximate surface area is 125 Å². The van der Waals surface area contributed by atoms with Crippen LogP contribution >= 0.6 is 0 Å². The Morgan fingerprint density at radius 2 is 2.14 bits per heavy atom. The number of carbonyl (C=O) groups is 2. The number of amides is 2. The molecule has 114 valence electrons. The third kappa shape index (κ3) is 4.29. The Kier molecular flexibility index (Phi) is 5.75. The first-order chi connectivity index (χ1) is 10.2. The van der Waals surface area contributed by atoms with Gasteiger partial charge in [0.25, 0.3) is 5.91 Å². The number of hydrogen-bond acceptors (Lipinski definition) is 3. The van der Waals surface area contributed by atoms with Gasteiger partial charge in [-0.3, -0.25) is 9.59 Å². The van der Waals surface area contributed by atoms with E-state index in [0.717, 1.165) is 31.4 Å². The van der Waals surface area contributed by atoms with Crippen molar-refractivity contribution < 1.29 is 9.59 Å². The van der Waals surface area contributed by atoms with Crippen LogP contribution in [0.15, 0.2) is 24.3 Å². The summed E-state index contributed by atoms with van der Waals surface area (Å²) in [6, 6.07) is 7.14. The fraction of sp³-hybridized carbons (Fsp3) is 0.500. The molecule has 1 aliphatic rings. The maximum atomic E-state index is 12.4. The van der Waals surface area contributed by atoms with Crippen molar-refractivity contribution in [2.75, 3.05) is 20.1 Å². The van der Waals surface area contributed by atoms with E-state index in [-0.39, 0.29) is 11.8 Å². The van der Waals surface area contributed by atoms with E-state index < -0.39 is 6.04 Å². The fourth-order valence-electron chi connectivity index (χ4n) is 2.53. The zero-order chi connectivity index (χ0) is 15.1. The van der Waals surface area contributed by atoms with Gasteiger partial charge in [0.15, 0.2) is 0 Å². The number of likely N-dealkylation sites (N-methyl/N-ethyl adjacent to an activating group) is 1. The number of hydrogen-bond donors (Lipinski definition) is 3. The van der Waals surface area contributed by atoms with Crippen molar-refractivity contribution >= 4 is 11.8 Å². The maximum absolute atomic E-state index is 12.4. The first-order valence-electron chi connectivity index (χ1n) is 7.53. The van der Waals surface area contributed by atoms with Crippen LogP contribution in [0.1, 0.15) is 35.2 Å². The molecular weight excluding hydrogens is 266 g/mol. The first kappa shape index (κ1) is 15.5. The van der Waals surface area contributed by atoms with E-state index in [4.69, 9.17) is 0 Å². The summed E-state index contributed by atoms with van der Waals surface area (Å²) in [5.74, 6) is -0.239. The van der Waals surface area contributed by atoms with Gasteiger partial charge in [0.05, 0.1) is 0 Å². The molecule has 0 bridgehead atoms. The molecule has 1 fully saturated rings. The van der Waals surface area contributed by atoms with Crippen LogP contribution in [-0.4, -0.2) is 38.0 Å². The third-order valence-corrected chi connectivity index (χ3v) is 3.75. The molecule has 1 unspecified atom stereocenters. The summed E-state index contributed by atoms with van der Waals surface area (Å²) < 4.78 is 0. The Morgan fingerprint density at radius 3 is 2.95 bits per heavy atom. The van der Waals surface area contributed by atoms with Crippen LogP contribution in [0.3, 0.4) is 0 Å². The standard InChI is InChI=1S/C16H23N3O2/c1-17-11-9-12-6-2-3-7-13(12)15(20)19-14-8-4-5-10-18-16(14)21/h2-3,6-7,14,17H,4-5,8-11H2,1H3,(H,18,21)(H,19,20). The monoisotopic (exact) mass is 289 g/mol. The zero-order valence-electron chi connectivity index (χ0n) is 12.4. The predicted molar refractivity (Wildman–Crippen MR) is 82.2 cm³/mol. The summed E-state index contributed by atoms with van der Waals surface area (Å²) in [6.07, 6.45) is 3.41. The summed E-state index contributed by atoms with van der Waals surface area (Å²) in [5, 5.41) is 8.79. The van der Waals surface area contributed by atoms with E-state index in [1.165, 1.54) is 0 Å². The summed E-state index contributed by atoms with van der Waals surface area (Å²) >= 11 is 0. The van der Waals surface area contributed by atoms with Crippen molar-refractivity contribution in [3.63, 3.8) is 0 Å². The van der Waals surface area contributed by atoms with Gasteiger partial charge in [-0.15, -0.1) is 0 Å². The van der Waals surface area contributed by atoms with Crippen LogP contribution in [0.4, 0.5) is 0 Å². The van der Waals surface area contributed by atoms with Crippen LogP contribution in [0.2, 0.25) is 0 Å². The van der Waals surface area contributed by atoms with Gasteiger partial charge in [0, 0.05) is 12.1 Å². The highest BCUT2D eigenvalue weighted by atomic mass is 16.2. The second-order valence-electron chi connectivity index (χ2n) is 5.32. The van der Waals surface area contributed by atoms with Crippen molar-refractivity contribution in [2.45, 2.75) is 31.7 Å². The van der Waals surface area contributed by atoms with Crippen LogP contribution in [0, 0.1) is 0 Å². The lowest BCUT2D eigenvalue weighted by atomic mass is 10.0. The lowest BCUT2D eigenvalue weighted by Gasteiger charge is -2.16. The Bertz CT molecular complexity index is 502. The maximum Gasteiger partial charge on any atom is 0.252 e. The predicted octanol–water partition coefficient (Wildman–Crippen LogP) is 0.847. The van der Waals surface area contributed by atoms with E-state index in [1.54, 1.807) is 0 Å².